The van der Waals surface area contributed by atoms with E-state index < -0.39 is 0 Å². The maximum absolute atomic E-state index is 11.3. The van der Waals surface area contributed by atoms with Gasteiger partial charge in [0.25, 0.3) is 0 Å². The van der Waals surface area contributed by atoms with Crippen molar-refractivity contribution < 1.29 is 4.79 Å². The molecule has 3 nitrogen and oxygen atoms in total. The molecule has 0 aliphatic heterocycles. The van der Waals surface area contributed by atoms with Crippen molar-refractivity contribution in [3.8, 4) is 0 Å². The Balaban J connectivity index is 2.53. The van der Waals surface area contributed by atoms with E-state index in [1.54, 1.807) is 0 Å². The maximum Gasteiger partial charge on any atom is 0.220 e. The van der Waals surface area contributed by atoms with Crippen molar-refractivity contribution in [1.29, 1.82) is 0 Å². The zero-order valence-corrected chi connectivity index (χ0v) is 9.12. The molecule has 0 aromatic heterocycles. The van der Waals surface area contributed by atoms with E-state index in [1.807, 2.05) is 31.2 Å². The first-order valence-corrected chi connectivity index (χ1v) is 5.31. The van der Waals surface area contributed by atoms with Crippen LogP contribution in [0.15, 0.2) is 24.3 Å². The molecule has 1 rings (SSSR count). The number of nitrogens with one attached hydrogen (secondary N) is 1. The summed E-state index contributed by atoms with van der Waals surface area (Å²) < 4.78 is 0. The van der Waals surface area contributed by atoms with Crippen molar-refractivity contribution in [1.82, 2.24) is 5.32 Å². The van der Waals surface area contributed by atoms with Crippen LogP contribution in [0.25, 0.3) is 0 Å². The summed E-state index contributed by atoms with van der Waals surface area (Å²) in [4.78, 5) is 11.3. The smallest absolute Gasteiger partial charge is 0.220 e. The third-order valence-corrected chi connectivity index (χ3v) is 2.29. The van der Waals surface area contributed by atoms with E-state index in [9.17, 15) is 4.79 Å². The highest BCUT2D eigenvalue weighted by molar-refractivity contribution is 5.75. The lowest BCUT2D eigenvalue weighted by Crippen LogP contribution is -2.23. The summed E-state index contributed by atoms with van der Waals surface area (Å²) in [5.41, 5.74) is 7.80. The molecule has 0 heterocycles. The van der Waals surface area contributed by atoms with Crippen LogP contribution >= 0.6 is 0 Å². The van der Waals surface area contributed by atoms with Gasteiger partial charge >= 0.3 is 0 Å². The number of amides is 1. The number of carbonyl (C=O) groups excluding carboxylic acids is 1. The second-order valence-electron chi connectivity index (χ2n) is 3.50. The molecule has 1 aromatic rings. The summed E-state index contributed by atoms with van der Waals surface area (Å²) in [5, 5.41) is 2.88. The van der Waals surface area contributed by atoms with Gasteiger partial charge in [0.1, 0.15) is 0 Å². The average molecular weight is 206 g/mol. The van der Waals surface area contributed by atoms with Gasteiger partial charge in [-0.3, -0.25) is 4.79 Å². The van der Waals surface area contributed by atoms with E-state index in [-0.39, 0.29) is 5.91 Å². The van der Waals surface area contributed by atoms with E-state index >= 15 is 0 Å². The Hall–Kier alpha value is -1.35. The SMILES string of the molecule is CCCC(=O)NCc1ccccc1CN. The van der Waals surface area contributed by atoms with Crippen LogP contribution in [0.3, 0.4) is 0 Å². The average Bonchev–Trinajstić information content (AvgIpc) is 2.27. The van der Waals surface area contributed by atoms with Gasteiger partial charge in [0.05, 0.1) is 0 Å². The molecule has 15 heavy (non-hydrogen) atoms. The number of hydrogen-bond donors (Lipinski definition) is 2. The number of nitrogens with two attached hydrogens (primary N) is 1. The Bertz CT molecular complexity index is 323. The van der Waals surface area contributed by atoms with Gasteiger partial charge in [0, 0.05) is 19.5 Å². The molecule has 0 bridgehead atoms. The quantitative estimate of drug-likeness (QED) is 0.768. The fraction of sp³-hybridized carbons (Fsp3) is 0.417. The highest BCUT2D eigenvalue weighted by atomic mass is 16.1. The summed E-state index contributed by atoms with van der Waals surface area (Å²) in [7, 11) is 0. The van der Waals surface area contributed by atoms with Crippen molar-refractivity contribution in [3.63, 3.8) is 0 Å². The molecule has 0 aliphatic carbocycles. The van der Waals surface area contributed by atoms with Crippen molar-refractivity contribution >= 4 is 5.91 Å². The van der Waals surface area contributed by atoms with Crippen LogP contribution in [0, 0.1) is 0 Å². The van der Waals surface area contributed by atoms with Crippen molar-refractivity contribution in [2.24, 2.45) is 5.73 Å². The van der Waals surface area contributed by atoms with E-state index in [0.717, 1.165) is 17.5 Å². The minimum atomic E-state index is 0.101. The molecule has 3 heteroatoms. The predicted molar refractivity (Wildman–Crippen MR) is 61.1 cm³/mol. The van der Waals surface area contributed by atoms with Gasteiger partial charge in [-0.15, -0.1) is 0 Å². The zero-order chi connectivity index (χ0) is 11.1. The van der Waals surface area contributed by atoms with Crippen LogP contribution in [0.5, 0.6) is 0 Å². The highest BCUT2D eigenvalue weighted by Gasteiger charge is 2.02. The molecular weight excluding hydrogens is 188 g/mol. The van der Waals surface area contributed by atoms with E-state index in [2.05, 4.69) is 5.32 Å². The van der Waals surface area contributed by atoms with E-state index in [1.165, 1.54) is 0 Å². The summed E-state index contributed by atoms with van der Waals surface area (Å²) in [6.07, 6.45) is 1.47. The van der Waals surface area contributed by atoms with Crippen LogP contribution in [0.4, 0.5) is 0 Å². The Labute approximate surface area is 90.7 Å². The van der Waals surface area contributed by atoms with Crippen molar-refractivity contribution in [2.45, 2.75) is 32.9 Å². The van der Waals surface area contributed by atoms with Gasteiger partial charge in [0.15, 0.2) is 0 Å². The maximum atomic E-state index is 11.3. The zero-order valence-electron chi connectivity index (χ0n) is 9.12. The second kappa shape index (κ2) is 6.19. The molecule has 0 aliphatic rings. The monoisotopic (exact) mass is 206 g/mol. The van der Waals surface area contributed by atoms with Gasteiger partial charge in [-0.25, -0.2) is 0 Å². The molecule has 0 radical (unpaired) electrons. The molecule has 3 N–H and O–H groups in total. The fourth-order valence-electron chi connectivity index (χ4n) is 1.44. The van der Waals surface area contributed by atoms with E-state index in [0.29, 0.717) is 19.5 Å². The van der Waals surface area contributed by atoms with Crippen LogP contribution < -0.4 is 11.1 Å². The first-order valence-electron chi connectivity index (χ1n) is 5.31. The lowest BCUT2D eigenvalue weighted by Gasteiger charge is -2.08. The van der Waals surface area contributed by atoms with Crippen LogP contribution in [-0.2, 0) is 17.9 Å². The van der Waals surface area contributed by atoms with Gasteiger partial charge < -0.3 is 11.1 Å². The highest BCUT2D eigenvalue weighted by Crippen LogP contribution is 2.07. The van der Waals surface area contributed by atoms with Crippen LogP contribution in [0.1, 0.15) is 30.9 Å². The first kappa shape index (κ1) is 11.7. The number of carbonyl (C=O) groups is 1. The van der Waals surface area contributed by atoms with Crippen LogP contribution in [0.2, 0.25) is 0 Å². The molecule has 0 spiro atoms. The topological polar surface area (TPSA) is 55.1 Å². The number of hydrogen-bond acceptors (Lipinski definition) is 2. The summed E-state index contributed by atoms with van der Waals surface area (Å²) in [6.45, 7) is 3.08. The molecule has 0 atom stereocenters. The lowest BCUT2D eigenvalue weighted by atomic mass is 10.1. The Kier molecular flexibility index (Phi) is 4.84. The predicted octanol–water partition coefficient (Wildman–Crippen LogP) is 1.56. The molecular formula is C12H18N2O. The van der Waals surface area contributed by atoms with Crippen LogP contribution in [-0.4, -0.2) is 5.91 Å². The fourth-order valence-corrected chi connectivity index (χ4v) is 1.44. The molecule has 0 fully saturated rings. The van der Waals surface area contributed by atoms with Gasteiger partial charge in [-0.1, -0.05) is 31.2 Å². The first-order chi connectivity index (χ1) is 7.27. The van der Waals surface area contributed by atoms with Crippen molar-refractivity contribution in [2.75, 3.05) is 0 Å². The number of benzene rings is 1. The van der Waals surface area contributed by atoms with E-state index in [4.69, 9.17) is 5.73 Å². The third kappa shape index (κ3) is 3.72. The largest absolute Gasteiger partial charge is 0.352 e. The Morgan fingerprint density at radius 3 is 2.60 bits per heavy atom. The Morgan fingerprint density at radius 2 is 2.00 bits per heavy atom. The molecule has 0 saturated heterocycles. The summed E-state index contributed by atoms with van der Waals surface area (Å²) >= 11 is 0. The normalized spacial score (nSPS) is 10.0. The minimum absolute atomic E-state index is 0.101. The molecule has 1 aromatic carbocycles. The van der Waals surface area contributed by atoms with Crippen molar-refractivity contribution in [3.05, 3.63) is 35.4 Å². The number of rotatable bonds is 5. The summed E-state index contributed by atoms with van der Waals surface area (Å²) in [5.74, 6) is 0.101. The minimum Gasteiger partial charge on any atom is -0.352 e. The molecule has 82 valence electrons. The molecule has 1 amide bonds. The summed E-state index contributed by atoms with van der Waals surface area (Å²) in [6, 6.07) is 7.90. The van der Waals surface area contributed by atoms with Gasteiger partial charge in [-0.05, 0) is 17.5 Å². The third-order valence-electron chi connectivity index (χ3n) is 2.29. The standard InChI is InChI=1S/C12H18N2O/c1-2-5-12(15)14-9-11-7-4-3-6-10(11)8-13/h3-4,6-7H,2,5,8-9,13H2,1H3,(H,14,15). The Morgan fingerprint density at radius 1 is 1.33 bits per heavy atom. The lowest BCUT2D eigenvalue weighted by molar-refractivity contribution is -0.121. The molecule has 0 unspecified atom stereocenters. The second-order valence-corrected chi connectivity index (χ2v) is 3.50. The van der Waals surface area contributed by atoms with Gasteiger partial charge in [-0.2, -0.15) is 0 Å². The van der Waals surface area contributed by atoms with Gasteiger partial charge in [0.2, 0.25) is 5.91 Å². The molecule has 0 saturated carbocycles.